The maximum Gasteiger partial charge on any atom is 0.417 e. The summed E-state index contributed by atoms with van der Waals surface area (Å²) in [7, 11) is 1.68. The Bertz CT molecular complexity index is 432. The first-order chi connectivity index (χ1) is 8.90. The minimum absolute atomic E-state index is 0.215. The summed E-state index contributed by atoms with van der Waals surface area (Å²) in [5.74, 6) is 0. The number of halogens is 3. The van der Waals surface area contributed by atoms with Gasteiger partial charge in [0.25, 0.3) is 0 Å². The van der Waals surface area contributed by atoms with Gasteiger partial charge in [-0.25, -0.2) is 0 Å². The number of alkyl halides is 3. The Morgan fingerprint density at radius 1 is 1.37 bits per heavy atom. The van der Waals surface area contributed by atoms with Crippen molar-refractivity contribution in [3.05, 3.63) is 29.3 Å². The molecule has 0 aromatic heterocycles. The molecule has 0 unspecified atom stereocenters. The Morgan fingerprint density at radius 2 is 2.05 bits per heavy atom. The van der Waals surface area contributed by atoms with Crippen LogP contribution in [0.25, 0.3) is 0 Å². The number of ether oxygens (including phenoxy) is 1. The number of anilines is 1. The molecule has 1 rings (SSSR count). The van der Waals surface area contributed by atoms with Crippen LogP contribution in [0.2, 0.25) is 0 Å². The van der Waals surface area contributed by atoms with Crippen LogP contribution in [0, 0.1) is 0 Å². The van der Waals surface area contributed by atoms with E-state index in [1.54, 1.807) is 11.9 Å². The molecule has 0 saturated heterocycles. The van der Waals surface area contributed by atoms with Gasteiger partial charge in [-0.1, -0.05) is 0 Å². The Balaban J connectivity index is 2.95. The molecule has 0 aliphatic heterocycles. The van der Waals surface area contributed by atoms with E-state index < -0.39 is 11.7 Å². The lowest BCUT2D eigenvalue weighted by molar-refractivity contribution is -0.137. The third-order valence-corrected chi connectivity index (χ3v) is 2.69. The van der Waals surface area contributed by atoms with Gasteiger partial charge in [-0.05, 0) is 25.1 Å². The molecule has 0 radical (unpaired) electrons. The molecule has 1 aromatic carbocycles. The lowest BCUT2D eigenvalue weighted by Gasteiger charge is -2.21. The number of carbonyl (C=O) groups is 1. The van der Waals surface area contributed by atoms with Crippen molar-refractivity contribution in [2.24, 2.45) is 0 Å². The molecule has 0 spiro atoms. The van der Waals surface area contributed by atoms with Crippen LogP contribution < -0.4 is 4.90 Å². The molecular weight excluding hydrogens is 259 g/mol. The van der Waals surface area contributed by atoms with E-state index in [1.807, 2.05) is 6.92 Å². The van der Waals surface area contributed by atoms with Gasteiger partial charge >= 0.3 is 6.18 Å². The Kier molecular flexibility index (Phi) is 5.35. The number of likely N-dealkylation sites (N-methyl/N-ethyl adjacent to an activating group) is 1. The van der Waals surface area contributed by atoms with Crippen molar-refractivity contribution in [1.82, 2.24) is 0 Å². The largest absolute Gasteiger partial charge is 0.417 e. The van der Waals surface area contributed by atoms with E-state index in [0.717, 1.165) is 6.07 Å². The molecule has 0 aliphatic carbocycles. The lowest BCUT2D eigenvalue weighted by atomic mass is 10.1. The summed E-state index contributed by atoms with van der Waals surface area (Å²) in [6.07, 6.45) is -4.32. The number of aldehydes is 1. The second-order valence-corrected chi connectivity index (χ2v) is 4.01. The predicted molar refractivity (Wildman–Crippen MR) is 66.6 cm³/mol. The fraction of sp³-hybridized carbons (Fsp3) is 0.462. The molecule has 3 nitrogen and oxygen atoms in total. The SMILES string of the molecule is CCOCCN(C)c1ccc(C=O)c(C(F)(F)F)c1. The maximum atomic E-state index is 12.8. The monoisotopic (exact) mass is 275 g/mol. The minimum Gasteiger partial charge on any atom is -0.380 e. The molecule has 19 heavy (non-hydrogen) atoms. The van der Waals surface area contributed by atoms with Crippen LogP contribution in [-0.4, -0.2) is 33.1 Å². The van der Waals surface area contributed by atoms with Crippen molar-refractivity contribution in [3.63, 3.8) is 0 Å². The van der Waals surface area contributed by atoms with E-state index in [4.69, 9.17) is 4.74 Å². The van der Waals surface area contributed by atoms with Gasteiger partial charge < -0.3 is 9.64 Å². The van der Waals surface area contributed by atoms with E-state index in [9.17, 15) is 18.0 Å². The molecule has 0 aliphatic rings. The summed E-state index contributed by atoms with van der Waals surface area (Å²) in [5.41, 5.74) is -0.865. The van der Waals surface area contributed by atoms with Crippen LogP contribution in [0.5, 0.6) is 0 Å². The van der Waals surface area contributed by atoms with E-state index in [0.29, 0.717) is 25.4 Å². The van der Waals surface area contributed by atoms with Crippen molar-refractivity contribution < 1.29 is 22.7 Å². The zero-order valence-corrected chi connectivity index (χ0v) is 10.8. The summed E-state index contributed by atoms with van der Waals surface area (Å²) in [5, 5.41) is 0. The van der Waals surface area contributed by atoms with Crippen molar-refractivity contribution in [1.29, 1.82) is 0 Å². The van der Waals surface area contributed by atoms with Gasteiger partial charge in [0, 0.05) is 31.5 Å². The van der Waals surface area contributed by atoms with Crippen molar-refractivity contribution in [2.75, 3.05) is 31.7 Å². The first-order valence-corrected chi connectivity index (χ1v) is 5.85. The summed E-state index contributed by atoms with van der Waals surface area (Å²) < 4.78 is 43.5. The molecule has 106 valence electrons. The second-order valence-electron chi connectivity index (χ2n) is 4.01. The quantitative estimate of drug-likeness (QED) is 0.590. The number of hydrogen-bond acceptors (Lipinski definition) is 3. The van der Waals surface area contributed by atoms with E-state index in [2.05, 4.69) is 0 Å². The van der Waals surface area contributed by atoms with Gasteiger partial charge in [0.15, 0.2) is 6.29 Å². The molecule has 0 heterocycles. The van der Waals surface area contributed by atoms with Crippen molar-refractivity contribution in [3.8, 4) is 0 Å². The zero-order chi connectivity index (χ0) is 14.5. The Labute approximate surface area is 110 Å². The van der Waals surface area contributed by atoms with Gasteiger partial charge in [-0.15, -0.1) is 0 Å². The standard InChI is InChI=1S/C13H16F3NO2/c1-3-19-7-6-17(2)11-5-4-10(9-18)12(8-11)13(14,15)16/h4-5,8-9H,3,6-7H2,1-2H3. The molecule has 0 amide bonds. The topological polar surface area (TPSA) is 29.5 Å². The Hall–Kier alpha value is -1.56. The molecule has 0 fully saturated rings. The molecule has 0 saturated carbocycles. The highest BCUT2D eigenvalue weighted by Crippen LogP contribution is 2.33. The summed E-state index contributed by atoms with van der Waals surface area (Å²) in [4.78, 5) is 12.3. The maximum absolute atomic E-state index is 12.8. The third kappa shape index (κ3) is 4.24. The first-order valence-electron chi connectivity index (χ1n) is 5.85. The number of benzene rings is 1. The lowest BCUT2D eigenvalue weighted by Crippen LogP contribution is -2.23. The molecular formula is C13H16F3NO2. The van der Waals surface area contributed by atoms with Crippen LogP contribution >= 0.6 is 0 Å². The fourth-order valence-corrected chi connectivity index (χ4v) is 1.60. The van der Waals surface area contributed by atoms with E-state index in [1.165, 1.54) is 12.1 Å². The van der Waals surface area contributed by atoms with Gasteiger partial charge in [0.2, 0.25) is 0 Å². The van der Waals surface area contributed by atoms with Crippen LogP contribution in [0.4, 0.5) is 18.9 Å². The van der Waals surface area contributed by atoms with Crippen LogP contribution in [0.3, 0.4) is 0 Å². The average Bonchev–Trinajstić information content (AvgIpc) is 2.37. The summed E-state index contributed by atoms with van der Waals surface area (Å²) >= 11 is 0. The highest BCUT2D eigenvalue weighted by atomic mass is 19.4. The van der Waals surface area contributed by atoms with Gasteiger partial charge in [0.05, 0.1) is 12.2 Å². The second kappa shape index (κ2) is 6.56. The highest BCUT2D eigenvalue weighted by molar-refractivity contribution is 5.79. The normalized spacial score (nSPS) is 11.4. The van der Waals surface area contributed by atoms with Crippen LogP contribution in [-0.2, 0) is 10.9 Å². The van der Waals surface area contributed by atoms with Gasteiger partial charge in [0.1, 0.15) is 0 Å². The van der Waals surface area contributed by atoms with Gasteiger partial charge in [-0.3, -0.25) is 4.79 Å². The first kappa shape index (κ1) is 15.5. The third-order valence-electron chi connectivity index (χ3n) is 2.69. The molecule has 0 atom stereocenters. The molecule has 0 bridgehead atoms. The number of carbonyl (C=O) groups excluding carboxylic acids is 1. The summed E-state index contributed by atoms with van der Waals surface area (Å²) in [6, 6.07) is 3.66. The summed E-state index contributed by atoms with van der Waals surface area (Å²) in [6.45, 7) is 3.32. The number of rotatable bonds is 6. The average molecular weight is 275 g/mol. The van der Waals surface area contributed by atoms with E-state index in [-0.39, 0.29) is 11.8 Å². The number of nitrogens with zero attached hydrogens (tertiary/aromatic N) is 1. The predicted octanol–water partition coefficient (Wildman–Crippen LogP) is 2.99. The zero-order valence-electron chi connectivity index (χ0n) is 10.8. The fourth-order valence-electron chi connectivity index (χ4n) is 1.60. The minimum atomic E-state index is -4.53. The highest BCUT2D eigenvalue weighted by Gasteiger charge is 2.33. The molecule has 0 N–H and O–H groups in total. The molecule has 1 aromatic rings. The van der Waals surface area contributed by atoms with Gasteiger partial charge in [-0.2, -0.15) is 13.2 Å². The molecule has 6 heteroatoms. The number of hydrogen-bond donors (Lipinski definition) is 0. The van der Waals surface area contributed by atoms with Crippen LogP contribution in [0.15, 0.2) is 18.2 Å². The van der Waals surface area contributed by atoms with Crippen molar-refractivity contribution >= 4 is 12.0 Å². The van der Waals surface area contributed by atoms with E-state index >= 15 is 0 Å². The van der Waals surface area contributed by atoms with Crippen molar-refractivity contribution in [2.45, 2.75) is 13.1 Å². The Morgan fingerprint density at radius 3 is 2.58 bits per heavy atom. The smallest absolute Gasteiger partial charge is 0.380 e. The van der Waals surface area contributed by atoms with Crippen LogP contribution in [0.1, 0.15) is 22.8 Å².